The van der Waals surface area contributed by atoms with Gasteiger partial charge in [0.05, 0.1) is 6.61 Å². The molecule has 1 aliphatic rings. The van der Waals surface area contributed by atoms with Crippen LogP contribution in [0.4, 0.5) is 4.39 Å². The molecule has 0 bridgehead atoms. The van der Waals surface area contributed by atoms with Gasteiger partial charge >= 0.3 is 0 Å². The maximum absolute atomic E-state index is 13.1. The summed E-state index contributed by atoms with van der Waals surface area (Å²) < 4.78 is 25.8. The number of hydrogen-bond acceptors (Lipinski definition) is 4. The summed E-state index contributed by atoms with van der Waals surface area (Å²) in [6.45, 7) is 6.93. The molecule has 3 rings (SSSR count). The number of ether oxygens (including phenoxy) is 2. The summed E-state index contributed by atoms with van der Waals surface area (Å²) in [7, 11) is 0. The Morgan fingerprint density at radius 2 is 1.82 bits per heavy atom. The van der Waals surface area contributed by atoms with Crippen LogP contribution < -0.4 is 20.1 Å². The van der Waals surface area contributed by atoms with Crippen molar-refractivity contribution in [1.82, 2.24) is 10.6 Å². The van der Waals surface area contributed by atoms with Crippen molar-refractivity contribution in [2.75, 3.05) is 26.2 Å². The standard InChI is InChI=1S/C22H28BrFN2O2/c1-2-27-21-11-18(14-26-13-16-7-9-25-10-8-16)20(23)12-22(21)28-15-17-3-5-19(24)6-4-17/h3-6,11-12,16,25-26H,2,7-10,13-15H2,1H3. The van der Waals surface area contributed by atoms with Gasteiger partial charge in [-0.05, 0) is 80.7 Å². The largest absolute Gasteiger partial charge is 0.490 e. The number of nitrogens with one attached hydrogen (secondary N) is 2. The van der Waals surface area contributed by atoms with E-state index in [1.807, 2.05) is 19.1 Å². The summed E-state index contributed by atoms with van der Waals surface area (Å²) in [5.74, 6) is 1.90. The molecule has 0 radical (unpaired) electrons. The van der Waals surface area contributed by atoms with Gasteiger partial charge in [-0.3, -0.25) is 0 Å². The van der Waals surface area contributed by atoms with E-state index >= 15 is 0 Å². The number of rotatable bonds is 9. The Balaban J connectivity index is 1.62. The Kier molecular flexibility index (Phi) is 8.13. The SMILES string of the molecule is CCOc1cc(CNCC2CCNCC2)c(Br)cc1OCc1ccc(F)cc1. The van der Waals surface area contributed by atoms with E-state index in [-0.39, 0.29) is 5.82 Å². The van der Waals surface area contributed by atoms with Crippen molar-refractivity contribution in [3.63, 3.8) is 0 Å². The zero-order valence-electron chi connectivity index (χ0n) is 16.3. The molecule has 1 heterocycles. The molecule has 0 aromatic heterocycles. The van der Waals surface area contributed by atoms with Crippen LogP contribution in [0, 0.1) is 11.7 Å². The highest BCUT2D eigenvalue weighted by atomic mass is 79.9. The molecule has 0 amide bonds. The van der Waals surface area contributed by atoms with Crippen molar-refractivity contribution in [2.45, 2.75) is 32.9 Å². The smallest absolute Gasteiger partial charge is 0.162 e. The van der Waals surface area contributed by atoms with Gasteiger partial charge in [-0.25, -0.2) is 4.39 Å². The van der Waals surface area contributed by atoms with Gasteiger partial charge < -0.3 is 20.1 Å². The topological polar surface area (TPSA) is 42.5 Å². The van der Waals surface area contributed by atoms with Crippen LogP contribution in [0.2, 0.25) is 0 Å². The highest BCUT2D eigenvalue weighted by molar-refractivity contribution is 9.10. The molecule has 6 heteroatoms. The average Bonchev–Trinajstić information content (AvgIpc) is 2.71. The summed E-state index contributed by atoms with van der Waals surface area (Å²) in [4.78, 5) is 0. The zero-order valence-corrected chi connectivity index (χ0v) is 17.9. The fourth-order valence-corrected chi connectivity index (χ4v) is 3.79. The lowest BCUT2D eigenvalue weighted by Gasteiger charge is -2.23. The minimum atomic E-state index is -0.247. The minimum absolute atomic E-state index is 0.247. The molecule has 1 saturated heterocycles. The second kappa shape index (κ2) is 10.8. The third-order valence-electron chi connectivity index (χ3n) is 4.93. The molecular weight excluding hydrogens is 423 g/mol. The lowest BCUT2D eigenvalue weighted by molar-refractivity contribution is 0.268. The van der Waals surface area contributed by atoms with Crippen LogP contribution in [-0.4, -0.2) is 26.2 Å². The van der Waals surface area contributed by atoms with Gasteiger partial charge in [0.2, 0.25) is 0 Å². The summed E-state index contributed by atoms with van der Waals surface area (Å²) in [6.07, 6.45) is 2.46. The molecule has 0 spiro atoms. The van der Waals surface area contributed by atoms with Crippen LogP contribution in [0.25, 0.3) is 0 Å². The Bertz CT molecular complexity index is 749. The molecule has 1 aliphatic heterocycles. The molecule has 0 unspecified atom stereocenters. The maximum atomic E-state index is 13.1. The summed E-state index contributed by atoms with van der Waals surface area (Å²) >= 11 is 3.66. The molecule has 4 nitrogen and oxygen atoms in total. The predicted molar refractivity (Wildman–Crippen MR) is 113 cm³/mol. The first-order valence-electron chi connectivity index (χ1n) is 9.89. The van der Waals surface area contributed by atoms with E-state index in [9.17, 15) is 4.39 Å². The Morgan fingerprint density at radius 1 is 1.11 bits per heavy atom. The summed E-state index contributed by atoms with van der Waals surface area (Å²) in [5, 5.41) is 6.98. The molecule has 2 aromatic rings. The summed E-state index contributed by atoms with van der Waals surface area (Å²) in [5.41, 5.74) is 2.05. The van der Waals surface area contributed by atoms with E-state index in [2.05, 4.69) is 26.6 Å². The van der Waals surface area contributed by atoms with Crippen molar-refractivity contribution in [3.8, 4) is 11.5 Å². The van der Waals surface area contributed by atoms with Crippen LogP contribution >= 0.6 is 15.9 Å². The van der Waals surface area contributed by atoms with E-state index in [1.165, 1.54) is 25.0 Å². The van der Waals surface area contributed by atoms with Crippen molar-refractivity contribution in [3.05, 3.63) is 57.8 Å². The molecule has 28 heavy (non-hydrogen) atoms. The Hall–Kier alpha value is -1.63. The lowest BCUT2D eigenvalue weighted by atomic mass is 9.98. The van der Waals surface area contributed by atoms with Crippen LogP contribution in [0.3, 0.4) is 0 Å². The van der Waals surface area contributed by atoms with Crippen LogP contribution in [-0.2, 0) is 13.2 Å². The first-order chi connectivity index (χ1) is 13.7. The molecule has 1 fully saturated rings. The maximum Gasteiger partial charge on any atom is 0.162 e. The number of piperidine rings is 1. The van der Waals surface area contributed by atoms with Crippen molar-refractivity contribution in [2.24, 2.45) is 5.92 Å². The van der Waals surface area contributed by atoms with Crippen LogP contribution in [0.15, 0.2) is 40.9 Å². The van der Waals surface area contributed by atoms with E-state index < -0.39 is 0 Å². The normalized spacial score (nSPS) is 14.8. The second-order valence-electron chi connectivity index (χ2n) is 7.06. The van der Waals surface area contributed by atoms with Crippen LogP contribution in [0.5, 0.6) is 11.5 Å². The number of halogens is 2. The van der Waals surface area contributed by atoms with Gasteiger partial charge in [0.25, 0.3) is 0 Å². The summed E-state index contributed by atoms with van der Waals surface area (Å²) in [6, 6.07) is 10.3. The molecule has 2 aromatic carbocycles. The Morgan fingerprint density at radius 3 is 2.54 bits per heavy atom. The third kappa shape index (κ3) is 6.19. The van der Waals surface area contributed by atoms with Crippen molar-refractivity contribution in [1.29, 1.82) is 0 Å². The average molecular weight is 451 g/mol. The van der Waals surface area contributed by atoms with E-state index in [4.69, 9.17) is 9.47 Å². The van der Waals surface area contributed by atoms with Crippen molar-refractivity contribution < 1.29 is 13.9 Å². The zero-order chi connectivity index (χ0) is 19.8. The molecule has 0 aliphatic carbocycles. The van der Waals surface area contributed by atoms with E-state index in [0.29, 0.717) is 19.0 Å². The molecule has 0 saturated carbocycles. The van der Waals surface area contributed by atoms with Gasteiger partial charge in [-0.2, -0.15) is 0 Å². The predicted octanol–water partition coefficient (Wildman–Crippen LogP) is 4.66. The highest BCUT2D eigenvalue weighted by Gasteiger charge is 2.14. The molecule has 152 valence electrons. The van der Waals surface area contributed by atoms with Gasteiger partial charge in [-0.15, -0.1) is 0 Å². The van der Waals surface area contributed by atoms with Gasteiger partial charge in [0.1, 0.15) is 12.4 Å². The molecular formula is C22H28BrFN2O2. The van der Waals surface area contributed by atoms with Gasteiger partial charge in [0.15, 0.2) is 11.5 Å². The second-order valence-corrected chi connectivity index (χ2v) is 7.92. The third-order valence-corrected chi connectivity index (χ3v) is 5.67. The Labute approximate surface area is 174 Å². The van der Waals surface area contributed by atoms with Crippen molar-refractivity contribution >= 4 is 15.9 Å². The number of hydrogen-bond donors (Lipinski definition) is 2. The quantitative estimate of drug-likeness (QED) is 0.583. The molecule has 2 N–H and O–H groups in total. The molecule has 0 atom stereocenters. The van der Waals surface area contributed by atoms with Gasteiger partial charge in [-0.1, -0.05) is 28.1 Å². The first-order valence-corrected chi connectivity index (χ1v) is 10.7. The van der Waals surface area contributed by atoms with E-state index in [1.54, 1.807) is 12.1 Å². The van der Waals surface area contributed by atoms with Crippen LogP contribution in [0.1, 0.15) is 30.9 Å². The fraction of sp³-hybridized carbons (Fsp3) is 0.455. The van der Waals surface area contributed by atoms with Gasteiger partial charge in [0, 0.05) is 11.0 Å². The lowest BCUT2D eigenvalue weighted by Crippen LogP contribution is -2.33. The highest BCUT2D eigenvalue weighted by Crippen LogP contribution is 2.34. The van der Waals surface area contributed by atoms with E-state index in [0.717, 1.165) is 53.4 Å². The minimum Gasteiger partial charge on any atom is -0.490 e. The first kappa shape index (κ1) is 21.1. The fourth-order valence-electron chi connectivity index (χ4n) is 3.33. The number of benzene rings is 2. The monoisotopic (exact) mass is 450 g/mol.